The van der Waals surface area contributed by atoms with E-state index in [2.05, 4.69) is 11.8 Å². The van der Waals surface area contributed by atoms with Crippen molar-refractivity contribution in [1.82, 2.24) is 9.80 Å². The van der Waals surface area contributed by atoms with Gasteiger partial charge in [-0.3, -0.25) is 0 Å². The summed E-state index contributed by atoms with van der Waals surface area (Å²) in [4.78, 5) is 17.1. The smallest absolute Gasteiger partial charge is 0.410 e. The van der Waals surface area contributed by atoms with E-state index < -0.39 is 5.60 Å². The highest BCUT2D eigenvalue weighted by Crippen LogP contribution is 2.51. The van der Waals surface area contributed by atoms with Crippen LogP contribution >= 0.6 is 0 Å². The van der Waals surface area contributed by atoms with E-state index in [0.717, 1.165) is 52.2 Å². The van der Waals surface area contributed by atoms with Gasteiger partial charge in [-0.2, -0.15) is 0 Å². The lowest BCUT2D eigenvalue weighted by Gasteiger charge is -2.44. The van der Waals surface area contributed by atoms with Gasteiger partial charge in [0.2, 0.25) is 0 Å². The molecule has 5 nitrogen and oxygen atoms in total. The highest BCUT2D eigenvalue weighted by atomic mass is 16.6. The molecule has 4 rings (SSSR count). The van der Waals surface area contributed by atoms with Crippen molar-refractivity contribution in [3.05, 3.63) is 0 Å². The minimum absolute atomic E-state index is 0.0352. The Morgan fingerprint density at radius 1 is 1.26 bits per heavy atom. The zero-order valence-electron chi connectivity index (χ0n) is 15.1. The molecule has 1 atom stereocenters. The van der Waals surface area contributed by atoms with Crippen LogP contribution in [0.15, 0.2) is 0 Å². The van der Waals surface area contributed by atoms with Crippen LogP contribution in [0.4, 0.5) is 4.79 Å². The predicted molar refractivity (Wildman–Crippen MR) is 89.4 cm³/mol. The third kappa shape index (κ3) is 3.66. The number of carbonyl (C=O) groups excluding carboxylic acids is 1. The fraction of sp³-hybridized carbons (Fsp3) is 0.944. The molecule has 132 valence electrons. The molecule has 3 aliphatic heterocycles. The summed E-state index contributed by atoms with van der Waals surface area (Å²) < 4.78 is 11.2. The molecule has 1 saturated carbocycles. The molecule has 3 heterocycles. The highest BCUT2D eigenvalue weighted by molar-refractivity contribution is 5.70. The molecule has 4 aliphatic rings. The number of hydrogen-bond donors (Lipinski definition) is 0. The summed E-state index contributed by atoms with van der Waals surface area (Å²) in [5, 5.41) is 0. The van der Waals surface area contributed by atoms with Crippen molar-refractivity contribution in [2.24, 2.45) is 11.8 Å². The molecule has 23 heavy (non-hydrogen) atoms. The summed E-state index contributed by atoms with van der Waals surface area (Å²) in [6, 6.07) is 0. The summed E-state index contributed by atoms with van der Waals surface area (Å²) in [6.45, 7) is 13.7. The standard InChI is InChI=1S/C18H32N2O3/c1-5-22-12-14-6-7-19(10-14)13-18-8-15(9-18)11-20(18)16(21)23-17(2,3)4/h14-15H,5-13H2,1-4H3. The Bertz CT molecular complexity index is 440. The molecule has 0 spiro atoms. The lowest BCUT2D eigenvalue weighted by Crippen LogP contribution is -2.56. The van der Waals surface area contributed by atoms with Crippen LogP contribution in [0.3, 0.4) is 0 Å². The topological polar surface area (TPSA) is 42.0 Å². The van der Waals surface area contributed by atoms with Gasteiger partial charge in [-0.25, -0.2) is 4.79 Å². The normalized spacial score (nSPS) is 33.8. The Hall–Kier alpha value is -0.810. The fourth-order valence-corrected chi connectivity index (χ4v) is 4.51. The van der Waals surface area contributed by atoms with E-state index in [-0.39, 0.29) is 11.6 Å². The number of likely N-dealkylation sites (tertiary alicyclic amines) is 1. The van der Waals surface area contributed by atoms with Crippen molar-refractivity contribution in [3.8, 4) is 0 Å². The molecule has 1 amide bonds. The first-order valence-electron chi connectivity index (χ1n) is 9.12. The van der Waals surface area contributed by atoms with Crippen LogP contribution in [-0.2, 0) is 9.47 Å². The summed E-state index contributed by atoms with van der Waals surface area (Å²) in [5.74, 6) is 1.34. The second kappa shape index (κ2) is 6.25. The maximum absolute atomic E-state index is 12.5. The van der Waals surface area contributed by atoms with Crippen LogP contribution < -0.4 is 0 Å². The van der Waals surface area contributed by atoms with E-state index in [9.17, 15) is 4.79 Å². The van der Waals surface area contributed by atoms with E-state index >= 15 is 0 Å². The average Bonchev–Trinajstić information content (AvgIpc) is 3.07. The lowest BCUT2D eigenvalue weighted by atomic mass is 9.73. The van der Waals surface area contributed by atoms with E-state index in [0.29, 0.717) is 11.8 Å². The highest BCUT2D eigenvalue weighted by Gasteiger charge is 2.59. The minimum Gasteiger partial charge on any atom is -0.444 e. The SMILES string of the molecule is CCOCC1CCN(CC23CC(CN2C(=O)OC(C)(C)C)C3)C1. The maximum Gasteiger partial charge on any atom is 0.410 e. The molecule has 4 fully saturated rings. The third-order valence-electron chi connectivity index (χ3n) is 5.41. The summed E-state index contributed by atoms with van der Waals surface area (Å²) in [7, 11) is 0. The predicted octanol–water partition coefficient (Wildman–Crippen LogP) is 2.74. The number of amides is 1. The number of carbonyl (C=O) groups is 1. The molecule has 5 heteroatoms. The van der Waals surface area contributed by atoms with Crippen molar-refractivity contribution in [3.63, 3.8) is 0 Å². The van der Waals surface area contributed by atoms with Crippen LogP contribution in [0.2, 0.25) is 0 Å². The first-order chi connectivity index (χ1) is 10.8. The second-order valence-electron chi connectivity index (χ2n) is 8.64. The van der Waals surface area contributed by atoms with Gasteiger partial charge in [0.05, 0.1) is 12.1 Å². The quantitative estimate of drug-likeness (QED) is 0.780. The molecule has 0 radical (unpaired) electrons. The maximum atomic E-state index is 12.5. The van der Waals surface area contributed by atoms with Gasteiger partial charge in [-0.05, 0) is 65.3 Å². The first-order valence-corrected chi connectivity index (χ1v) is 9.12. The molecular formula is C18H32N2O3. The van der Waals surface area contributed by atoms with E-state index in [1.54, 1.807) is 0 Å². The van der Waals surface area contributed by atoms with Crippen LogP contribution in [-0.4, -0.2) is 66.4 Å². The van der Waals surface area contributed by atoms with Crippen LogP contribution in [0, 0.1) is 11.8 Å². The van der Waals surface area contributed by atoms with Crippen molar-refractivity contribution in [1.29, 1.82) is 0 Å². The Morgan fingerprint density at radius 2 is 2.00 bits per heavy atom. The Morgan fingerprint density at radius 3 is 2.65 bits per heavy atom. The Balaban J connectivity index is 1.56. The largest absolute Gasteiger partial charge is 0.444 e. The van der Waals surface area contributed by atoms with Crippen molar-refractivity contribution in [2.45, 2.75) is 58.1 Å². The molecule has 2 bridgehead atoms. The summed E-state index contributed by atoms with van der Waals surface area (Å²) >= 11 is 0. The van der Waals surface area contributed by atoms with E-state index in [4.69, 9.17) is 9.47 Å². The Labute approximate surface area is 140 Å². The number of hydrogen-bond acceptors (Lipinski definition) is 4. The number of fused-ring (bicyclic) bond motifs is 1. The van der Waals surface area contributed by atoms with Gasteiger partial charge >= 0.3 is 6.09 Å². The zero-order chi connectivity index (χ0) is 16.7. The van der Waals surface area contributed by atoms with E-state index in [1.165, 1.54) is 6.42 Å². The number of ether oxygens (including phenoxy) is 2. The molecule has 0 N–H and O–H groups in total. The van der Waals surface area contributed by atoms with Gasteiger partial charge in [0.25, 0.3) is 0 Å². The molecule has 1 aliphatic carbocycles. The number of nitrogens with zero attached hydrogens (tertiary/aromatic N) is 2. The molecule has 3 saturated heterocycles. The molecule has 0 aromatic rings. The third-order valence-corrected chi connectivity index (χ3v) is 5.41. The van der Waals surface area contributed by atoms with Crippen LogP contribution in [0.25, 0.3) is 0 Å². The monoisotopic (exact) mass is 324 g/mol. The Kier molecular flexibility index (Phi) is 4.62. The van der Waals surface area contributed by atoms with Gasteiger partial charge in [0, 0.05) is 26.2 Å². The lowest BCUT2D eigenvalue weighted by molar-refractivity contribution is -0.00123. The minimum atomic E-state index is -0.415. The van der Waals surface area contributed by atoms with Gasteiger partial charge in [0.15, 0.2) is 0 Å². The van der Waals surface area contributed by atoms with Gasteiger partial charge in [0.1, 0.15) is 5.60 Å². The second-order valence-corrected chi connectivity index (χ2v) is 8.64. The van der Waals surface area contributed by atoms with Crippen LogP contribution in [0.1, 0.15) is 47.0 Å². The average molecular weight is 324 g/mol. The fourth-order valence-electron chi connectivity index (χ4n) is 4.51. The molecule has 1 unspecified atom stereocenters. The molecule has 0 aromatic heterocycles. The summed E-state index contributed by atoms with van der Waals surface area (Å²) in [5.41, 5.74) is -0.380. The summed E-state index contributed by atoms with van der Waals surface area (Å²) in [6.07, 6.45) is 3.39. The van der Waals surface area contributed by atoms with Crippen molar-refractivity contribution >= 4 is 6.09 Å². The molecular weight excluding hydrogens is 292 g/mol. The molecule has 0 aromatic carbocycles. The van der Waals surface area contributed by atoms with Crippen LogP contribution in [0.5, 0.6) is 0 Å². The van der Waals surface area contributed by atoms with Gasteiger partial charge in [-0.1, -0.05) is 0 Å². The zero-order valence-corrected chi connectivity index (χ0v) is 15.1. The van der Waals surface area contributed by atoms with Gasteiger partial charge < -0.3 is 19.3 Å². The van der Waals surface area contributed by atoms with Crippen molar-refractivity contribution in [2.75, 3.05) is 39.4 Å². The van der Waals surface area contributed by atoms with Gasteiger partial charge in [-0.15, -0.1) is 0 Å². The van der Waals surface area contributed by atoms with E-state index in [1.807, 2.05) is 25.7 Å². The van der Waals surface area contributed by atoms with Crippen molar-refractivity contribution < 1.29 is 14.3 Å². The first kappa shape index (κ1) is 17.0. The number of rotatable bonds is 5.